The van der Waals surface area contributed by atoms with Gasteiger partial charge in [-0.2, -0.15) is 0 Å². The van der Waals surface area contributed by atoms with E-state index < -0.39 is 17.5 Å². The minimum absolute atomic E-state index is 0.280. The fraction of sp³-hybridized carbons (Fsp3) is 0.160. The van der Waals surface area contributed by atoms with Crippen LogP contribution in [0.15, 0.2) is 84.9 Å². The fourth-order valence-electron chi connectivity index (χ4n) is 3.85. The average molecular weight is 398 g/mol. The molecule has 3 amide bonds. The topological polar surface area (TPSA) is 66.5 Å². The molecule has 0 spiro atoms. The van der Waals surface area contributed by atoms with Gasteiger partial charge in [0.15, 0.2) is 5.78 Å². The molecule has 1 N–H and O–H groups in total. The molecule has 5 heteroatoms. The number of carbonyl (C=O) groups excluding carboxylic acids is 3. The lowest BCUT2D eigenvalue weighted by atomic mass is 9.87. The highest BCUT2D eigenvalue weighted by molar-refractivity contribution is 6.11. The highest BCUT2D eigenvalue weighted by atomic mass is 16.2. The quantitative estimate of drug-likeness (QED) is 0.495. The van der Waals surface area contributed by atoms with Crippen LogP contribution in [0.3, 0.4) is 0 Å². The summed E-state index contributed by atoms with van der Waals surface area (Å²) in [7, 11) is 0. The third-order valence-electron chi connectivity index (χ3n) is 5.59. The van der Waals surface area contributed by atoms with Gasteiger partial charge in [-0.25, -0.2) is 4.79 Å². The van der Waals surface area contributed by atoms with E-state index in [1.165, 1.54) is 0 Å². The molecule has 1 heterocycles. The Balaban J connectivity index is 1.53. The zero-order valence-electron chi connectivity index (χ0n) is 16.7. The number of benzene rings is 3. The zero-order valence-corrected chi connectivity index (χ0v) is 16.7. The van der Waals surface area contributed by atoms with Gasteiger partial charge in [-0.05, 0) is 23.1 Å². The summed E-state index contributed by atoms with van der Waals surface area (Å²) in [5.41, 5.74) is 2.10. The summed E-state index contributed by atoms with van der Waals surface area (Å²) < 4.78 is 0. The molecule has 0 aliphatic carbocycles. The maximum absolute atomic E-state index is 13.2. The first kappa shape index (κ1) is 19.6. The summed E-state index contributed by atoms with van der Waals surface area (Å²) in [6.07, 6.45) is 0.401. The van der Waals surface area contributed by atoms with E-state index in [1.807, 2.05) is 79.7 Å². The summed E-state index contributed by atoms with van der Waals surface area (Å²) in [4.78, 5) is 39.6. The maximum Gasteiger partial charge on any atom is 0.325 e. The standard InChI is InChI=1S/C25H22N2O3/c1-2-25(21-11-7-4-8-12-21)23(29)27(24(30)26-25)17-22(28)20-15-13-19(14-16-20)18-9-5-3-6-10-18/h3-16H,2,17H2,1H3,(H,26,30). The third kappa shape index (κ3) is 3.39. The molecule has 3 aromatic carbocycles. The Kier molecular flexibility index (Phi) is 5.19. The molecule has 1 saturated heterocycles. The molecule has 1 unspecified atom stereocenters. The zero-order chi connectivity index (χ0) is 21.1. The Morgan fingerprint density at radius 1 is 0.833 bits per heavy atom. The average Bonchev–Trinajstić information content (AvgIpc) is 3.05. The molecular formula is C25H22N2O3. The monoisotopic (exact) mass is 398 g/mol. The van der Waals surface area contributed by atoms with Crippen LogP contribution >= 0.6 is 0 Å². The number of hydrogen-bond acceptors (Lipinski definition) is 3. The molecule has 30 heavy (non-hydrogen) atoms. The minimum atomic E-state index is -1.13. The number of carbonyl (C=O) groups is 3. The van der Waals surface area contributed by atoms with Crippen molar-refractivity contribution in [2.24, 2.45) is 0 Å². The first-order chi connectivity index (χ1) is 14.5. The van der Waals surface area contributed by atoms with Gasteiger partial charge >= 0.3 is 6.03 Å². The van der Waals surface area contributed by atoms with Gasteiger partial charge in [0.05, 0.1) is 6.54 Å². The Morgan fingerprint density at radius 3 is 2.00 bits per heavy atom. The molecule has 1 fully saturated rings. The number of nitrogens with one attached hydrogen (secondary N) is 1. The lowest BCUT2D eigenvalue weighted by molar-refractivity contribution is -0.131. The van der Waals surface area contributed by atoms with Crippen LogP contribution in [0.25, 0.3) is 11.1 Å². The number of rotatable bonds is 6. The smallest absolute Gasteiger partial charge is 0.319 e. The Bertz CT molecular complexity index is 1080. The van der Waals surface area contributed by atoms with Crippen LogP contribution in [0.1, 0.15) is 29.3 Å². The van der Waals surface area contributed by atoms with Crippen molar-refractivity contribution in [2.75, 3.05) is 6.54 Å². The molecule has 1 aliphatic heterocycles. The molecule has 4 rings (SSSR count). The van der Waals surface area contributed by atoms with E-state index >= 15 is 0 Å². The number of imide groups is 1. The fourth-order valence-corrected chi connectivity index (χ4v) is 3.85. The molecule has 3 aromatic rings. The number of hydrogen-bond donors (Lipinski definition) is 1. The number of ketones is 1. The summed E-state index contributed by atoms with van der Waals surface area (Å²) >= 11 is 0. The van der Waals surface area contributed by atoms with Crippen LogP contribution in [-0.2, 0) is 10.3 Å². The summed E-state index contributed by atoms with van der Waals surface area (Å²) in [6, 6.07) is 25.7. The molecule has 0 radical (unpaired) electrons. The summed E-state index contributed by atoms with van der Waals surface area (Å²) in [5.74, 6) is -0.673. The second kappa shape index (κ2) is 7.95. The van der Waals surface area contributed by atoms with E-state index in [2.05, 4.69) is 5.32 Å². The van der Waals surface area contributed by atoms with Crippen molar-refractivity contribution in [2.45, 2.75) is 18.9 Å². The largest absolute Gasteiger partial charge is 0.325 e. The second-order valence-corrected chi connectivity index (χ2v) is 7.31. The van der Waals surface area contributed by atoms with Crippen molar-refractivity contribution >= 4 is 17.7 Å². The van der Waals surface area contributed by atoms with Crippen molar-refractivity contribution in [1.29, 1.82) is 0 Å². The SMILES string of the molecule is CCC1(c2ccccc2)NC(=O)N(CC(=O)c2ccc(-c3ccccc3)cc2)C1=O. The summed E-state index contributed by atoms with van der Waals surface area (Å²) in [5, 5.41) is 2.81. The first-order valence-corrected chi connectivity index (χ1v) is 9.93. The molecule has 1 aliphatic rings. The van der Waals surface area contributed by atoms with Gasteiger partial charge in [-0.1, -0.05) is 91.9 Å². The minimum Gasteiger partial charge on any atom is -0.319 e. The highest BCUT2D eigenvalue weighted by Crippen LogP contribution is 2.32. The van der Waals surface area contributed by atoms with Crippen LogP contribution in [0.5, 0.6) is 0 Å². The third-order valence-corrected chi connectivity index (χ3v) is 5.59. The van der Waals surface area contributed by atoms with Crippen molar-refractivity contribution in [3.05, 3.63) is 96.1 Å². The molecule has 0 aromatic heterocycles. The van der Waals surface area contributed by atoms with Crippen LogP contribution in [-0.4, -0.2) is 29.2 Å². The van der Waals surface area contributed by atoms with E-state index in [0.717, 1.165) is 16.0 Å². The predicted octanol–water partition coefficient (Wildman–Crippen LogP) is 4.39. The van der Waals surface area contributed by atoms with Crippen LogP contribution < -0.4 is 5.32 Å². The Morgan fingerprint density at radius 2 is 1.40 bits per heavy atom. The lowest BCUT2D eigenvalue weighted by Crippen LogP contribution is -2.43. The van der Waals surface area contributed by atoms with Crippen molar-refractivity contribution in [1.82, 2.24) is 10.2 Å². The molecule has 150 valence electrons. The molecule has 1 atom stereocenters. The lowest BCUT2D eigenvalue weighted by Gasteiger charge is -2.25. The van der Waals surface area contributed by atoms with Crippen molar-refractivity contribution in [3.8, 4) is 11.1 Å². The van der Waals surface area contributed by atoms with Crippen LogP contribution in [0, 0.1) is 0 Å². The van der Waals surface area contributed by atoms with E-state index in [-0.39, 0.29) is 12.3 Å². The summed E-state index contributed by atoms with van der Waals surface area (Å²) in [6.45, 7) is 1.56. The maximum atomic E-state index is 13.2. The predicted molar refractivity (Wildman–Crippen MR) is 115 cm³/mol. The van der Waals surface area contributed by atoms with E-state index in [4.69, 9.17) is 0 Å². The number of urea groups is 1. The number of Topliss-reactive ketones (excluding diaryl/α,β-unsaturated/α-hetero) is 1. The number of amides is 3. The van der Waals surface area contributed by atoms with Gasteiger partial charge in [0.25, 0.3) is 5.91 Å². The number of nitrogens with zero attached hydrogens (tertiary/aromatic N) is 1. The van der Waals surface area contributed by atoms with Gasteiger partial charge in [0.2, 0.25) is 0 Å². The molecular weight excluding hydrogens is 376 g/mol. The Labute approximate surface area is 175 Å². The molecule has 5 nitrogen and oxygen atoms in total. The van der Waals surface area contributed by atoms with E-state index in [9.17, 15) is 14.4 Å². The Hall–Kier alpha value is -3.73. The normalized spacial score (nSPS) is 18.4. The van der Waals surface area contributed by atoms with Crippen LogP contribution in [0.2, 0.25) is 0 Å². The molecule has 0 saturated carbocycles. The van der Waals surface area contributed by atoms with Gasteiger partial charge < -0.3 is 5.32 Å². The highest BCUT2D eigenvalue weighted by Gasteiger charge is 2.51. The van der Waals surface area contributed by atoms with Crippen molar-refractivity contribution < 1.29 is 14.4 Å². The van der Waals surface area contributed by atoms with E-state index in [0.29, 0.717) is 17.5 Å². The second-order valence-electron chi connectivity index (χ2n) is 7.31. The first-order valence-electron chi connectivity index (χ1n) is 9.93. The van der Waals surface area contributed by atoms with E-state index in [1.54, 1.807) is 12.1 Å². The van der Waals surface area contributed by atoms with Gasteiger partial charge in [0, 0.05) is 5.56 Å². The van der Waals surface area contributed by atoms with Gasteiger partial charge in [-0.3, -0.25) is 14.5 Å². The van der Waals surface area contributed by atoms with Crippen LogP contribution in [0.4, 0.5) is 4.79 Å². The molecule has 0 bridgehead atoms. The van der Waals surface area contributed by atoms with Gasteiger partial charge in [-0.15, -0.1) is 0 Å². The van der Waals surface area contributed by atoms with Gasteiger partial charge in [0.1, 0.15) is 5.54 Å². The van der Waals surface area contributed by atoms with Crippen molar-refractivity contribution in [3.63, 3.8) is 0 Å².